The van der Waals surface area contributed by atoms with Gasteiger partial charge in [0.2, 0.25) is 10.0 Å². The molecule has 0 saturated heterocycles. The maximum Gasteiger partial charge on any atom is 0.244 e. The molecule has 210 valence electrons. The molecule has 0 aliphatic heterocycles. The molecule has 0 saturated carbocycles. The lowest BCUT2D eigenvalue weighted by atomic mass is 9.95. The van der Waals surface area contributed by atoms with Gasteiger partial charge in [0.05, 0.1) is 17.5 Å². The summed E-state index contributed by atoms with van der Waals surface area (Å²) in [5.41, 5.74) is 0.0318. The van der Waals surface area contributed by atoms with Crippen LogP contribution in [0.15, 0.2) is 101 Å². The van der Waals surface area contributed by atoms with E-state index in [1.807, 2.05) is 0 Å². The predicted octanol–water partition coefficient (Wildman–Crippen LogP) is 4.65. The zero-order valence-electron chi connectivity index (χ0n) is 20.8. The molecule has 0 aliphatic carbocycles. The van der Waals surface area contributed by atoms with Gasteiger partial charge < -0.3 is 10.4 Å². The van der Waals surface area contributed by atoms with Crippen LogP contribution in [-0.2, 0) is 26.3 Å². The fraction of sp³-hybridized carbons (Fsp3) is 0.143. The number of primary sulfonamides is 1. The molecule has 0 aliphatic rings. The van der Waals surface area contributed by atoms with Gasteiger partial charge in [-0.3, -0.25) is 0 Å². The van der Waals surface area contributed by atoms with Crippen LogP contribution in [0, 0.1) is 17.5 Å². The highest BCUT2D eigenvalue weighted by Gasteiger charge is 2.38. The molecular weight excluding hydrogens is 565 g/mol. The van der Waals surface area contributed by atoms with E-state index in [0.29, 0.717) is 16.7 Å². The largest absolute Gasteiger partial charge is 0.386 e. The first kappa shape index (κ1) is 29.3. The van der Waals surface area contributed by atoms with Crippen molar-refractivity contribution in [3.05, 3.63) is 125 Å². The van der Waals surface area contributed by atoms with E-state index in [1.54, 1.807) is 78.9 Å². The highest BCUT2D eigenvalue weighted by Crippen LogP contribution is 2.40. The average Bonchev–Trinajstić information content (AvgIpc) is 2.93. The van der Waals surface area contributed by atoms with Gasteiger partial charge in [0.25, 0.3) is 0 Å². The number of hydrogen-bond acceptors (Lipinski definition) is 6. The molecule has 4 N–H and O–H groups in total. The number of aliphatic hydroxyl groups excluding tert-OH is 1. The lowest BCUT2D eigenvalue weighted by Crippen LogP contribution is -2.26. The summed E-state index contributed by atoms with van der Waals surface area (Å²) in [6, 6.07) is 22.9. The van der Waals surface area contributed by atoms with Crippen molar-refractivity contribution in [1.29, 1.82) is 0 Å². The third-order valence-corrected chi connectivity index (χ3v) is 8.92. The van der Waals surface area contributed by atoms with Gasteiger partial charge in [0.1, 0.15) is 11.0 Å². The molecule has 4 aromatic carbocycles. The summed E-state index contributed by atoms with van der Waals surface area (Å²) in [5.74, 6) is -7.06. The second-order valence-electron chi connectivity index (χ2n) is 8.96. The smallest absolute Gasteiger partial charge is 0.244 e. The van der Waals surface area contributed by atoms with E-state index in [1.165, 1.54) is 12.1 Å². The Balaban J connectivity index is 1.92. The zero-order chi connectivity index (χ0) is 29.1. The topological polar surface area (TPSA) is 127 Å². The molecular formula is C28H25F3N2O5S2. The van der Waals surface area contributed by atoms with E-state index in [4.69, 9.17) is 5.14 Å². The monoisotopic (exact) mass is 590 g/mol. The van der Waals surface area contributed by atoms with Crippen molar-refractivity contribution in [1.82, 2.24) is 0 Å². The number of nitrogens with one attached hydrogen (secondary N) is 1. The van der Waals surface area contributed by atoms with E-state index in [9.17, 15) is 26.3 Å². The molecule has 0 aromatic heterocycles. The van der Waals surface area contributed by atoms with Gasteiger partial charge in [0.15, 0.2) is 32.2 Å². The standard InChI is InChI=1S/C28H25F3N2O5S2/c29-21-22(30)28(39(35,36)17-16-18-10-4-1-5-11-18)25(23(31)27(21)40(32,37)38)33-24(19-12-6-2-7-13-19)26(34)20-14-8-3-9-15-20/h1-15,24,26,33-34H,16-17H2,(H2,32,37,38)/t24-,26+/m1/s1. The molecule has 12 heteroatoms. The Kier molecular flexibility index (Phi) is 8.64. The molecule has 0 fully saturated rings. The van der Waals surface area contributed by atoms with Crippen LogP contribution in [0.2, 0.25) is 0 Å². The zero-order valence-corrected chi connectivity index (χ0v) is 22.5. The third kappa shape index (κ3) is 6.20. The molecule has 0 heterocycles. The van der Waals surface area contributed by atoms with Crippen LogP contribution in [0.1, 0.15) is 28.8 Å². The predicted molar refractivity (Wildman–Crippen MR) is 144 cm³/mol. The normalized spacial score (nSPS) is 13.5. The molecule has 0 bridgehead atoms. The Bertz CT molecular complexity index is 1710. The number of hydrogen-bond donors (Lipinski definition) is 3. The molecule has 4 rings (SSSR count). The van der Waals surface area contributed by atoms with Crippen LogP contribution < -0.4 is 10.5 Å². The highest BCUT2D eigenvalue weighted by atomic mass is 32.2. The summed E-state index contributed by atoms with van der Waals surface area (Å²) < 4.78 is 97.2. The lowest BCUT2D eigenvalue weighted by Gasteiger charge is -2.28. The van der Waals surface area contributed by atoms with E-state index in [2.05, 4.69) is 5.32 Å². The number of sulfonamides is 1. The van der Waals surface area contributed by atoms with E-state index in [-0.39, 0.29) is 6.42 Å². The van der Waals surface area contributed by atoms with Gasteiger partial charge >= 0.3 is 0 Å². The summed E-state index contributed by atoms with van der Waals surface area (Å²) in [6.07, 6.45) is -1.59. The Morgan fingerprint density at radius 1 is 0.700 bits per heavy atom. The van der Waals surface area contributed by atoms with Gasteiger partial charge in [-0.2, -0.15) is 0 Å². The van der Waals surface area contributed by atoms with Gasteiger partial charge in [-0.15, -0.1) is 0 Å². The third-order valence-electron chi connectivity index (χ3n) is 6.25. The Morgan fingerprint density at radius 2 is 1.18 bits per heavy atom. The average molecular weight is 591 g/mol. The van der Waals surface area contributed by atoms with Crippen LogP contribution >= 0.6 is 0 Å². The van der Waals surface area contributed by atoms with Crippen molar-refractivity contribution in [3.8, 4) is 0 Å². The van der Waals surface area contributed by atoms with Crippen LogP contribution in [0.4, 0.5) is 18.9 Å². The van der Waals surface area contributed by atoms with Crippen LogP contribution in [0.5, 0.6) is 0 Å². The van der Waals surface area contributed by atoms with Crippen molar-refractivity contribution in [2.24, 2.45) is 5.14 Å². The number of sulfone groups is 1. The summed E-state index contributed by atoms with van der Waals surface area (Å²) in [7, 11) is -9.97. The minimum Gasteiger partial charge on any atom is -0.386 e. The van der Waals surface area contributed by atoms with Crippen LogP contribution in [0.25, 0.3) is 0 Å². The van der Waals surface area contributed by atoms with E-state index < -0.39 is 70.7 Å². The summed E-state index contributed by atoms with van der Waals surface area (Å²) in [5, 5.41) is 18.7. The van der Waals surface area contributed by atoms with E-state index in [0.717, 1.165) is 0 Å². The van der Waals surface area contributed by atoms with Gasteiger partial charge in [-0.1, -0.05) is 91.0 Å². The maximum absolute atomic E-state index is 15.8. The first-order valence-electron chi connectivity index (χ1n) is 12.0. The van der Waals surface area contributed by atoms with Gasteiger partial charge in [-0.05, 0) is 23.1 Å². The number of anilines is 1. The van der Waals surface area contributed by atoms with Crippen molar-refractivity contribution < 1.29 is 35.1 Å². The van der Waals surface area contributed by atoms with Crippen molar-refractivity contribution in [3.63, 3.8) is 0 Å². The molecule has 0 spiro atoms. The first-order valence-corrected chi connectivity index (χ1v) is 15.2. The Morgan fingerprint density at radius 3 is 1.70 bits per heavy atom. The fourth-order valence-corrected chi connectivity index (χ4v) is 6.51. The number of nitrogens with two attached hydrogens (primary N) is 1. The molecule has 7 nitrogen and oxygen atoms in total. The molecule has 0 radical (unpaired) electrons. The second-order valence-corrected chi connectivity index (χ2v) is 12.5. The maximum atomic E-state index is 15.8. The quantitative estimate of drug-likeness (QED) is 0.231. The molecule has 2 atom stereocenters. The SMILES string of the molecule is NS(=O)(=O)c1c(F)c(F)c(S(=O)(=O)CCc2ccccc2)c(N[C@H](c2ccccc2)[C@@H](O)c2ccccc2)c1F. The fourth-order valence-electron chi connectivity index (χ4n) is 4.29. The van der Waals surface area contributed by atoms with Crippen LogP contribution in [0.3, 0.4) is 0 Å². The Hall–Kier alpha value is -3.71. The first-order chi connectivity index (χ1) is 18.9. The molecule has 0 unspecified atom stereocenters. The van der Waals surface area contributed by atoms with E-state index >= 15 is 8.78 Å². The minimum absolute atomic E-state index is 0.128. The second kappa shape index (κ2) is 11.8. The Labute approximate surface area is 230 Å². The van der Waals surface area contributed by atoms with Gasteiger partial charge in [-0.25, -0.2) is 35.1 Å². The molecule has 40 heavy (non-hydrogen) atoms. The summed E-state index contributed by atoms with van der Waals surface area (Å²) in [6.45, 7) is 0. The number of halogens is 3. The summed E-state index contributed by atoms with van der Waals surface area (Å²) >= 11 is 0. The molecule has 4 aromatic rings. The number of benzene rings is 4. The number of rotatable bonds is 10. The van der Waals surface area contributed by atoms with Gasteiger partial charge in [0, 0.05) is 0 Å². The minimum atomic E-state index is -5.19. The van der Waals surface area contributed by atoms with Crippen molar-refractivity contribution >= 4 is 25.5 Å². The van der Waals surface area contributed by atoms with Crippen molar-refractivity contribution in [2.45, 2.75) is 28.4 Å². The van der Waals surface area contributed by atoms with Crippen LogP contribution in [-0.4, -0.2) is 27.7 Å². The number of aliphatic hydroxyl groups is 1. The van der Waals surface area contributed by atoms with Crippen molar-refractivity contribution in [2.75, 3.05) is 11.1 Å². The summed E-state index contributed by atoms with van der Waals surface area (Å²) in [4.78, 5) is -3.25. The number of aryl methyl sites for hydroxylation is 1. The molecule has 0 amide bonds. The lowest BCUT2D eigenvalue weighted by molar-refractivity contribution is 0.154. The highest BCUT2D eigenvalue weighted by molar-refractivity contribution is 7.91.